The molecule has 0 bridgehead atoms. The van der Waals surface area contributed by atoms with Crippen molar-refractivity contribution in [2.45, 2.75) is 132 Å². The number of piperazine rings is 1. The summed E-state index contributed by atoms with van der Waals surface area (Å²) in [5.74, 6) is 0. The summed E-state index contributed by atoms with van der Waals surface area (Å²) in [4.78, 5) is 13.8. The molecule has 0 aromatic rings. The van der Waals surface area contributed by atoms with E-state index in [0.717, 1.165) is 38.5 Å². The Kier molecular flexibility index (Phi) is 12.2. The van der Waals surface area contributed by atoms with Gasteiger partial charge in [-0.15, -0.1) is 0 Å². The van der Waals surface area contributed by atoms with Crippen molar-refractivity contribution in [1.82, 2.24) is 13.9 Å². The maximum atomic E-state index is 13.4. The Bertz CT molecular complexity index is 931. The lowest BCUT2D eigenvalue weighted by Crippen LogP contribution is -2.56. The molecule has 13 heteroatoms. The third-order valence-electron chi connectivity index (χ3n) is 9.19. The number of sulfonamides is 1. The van der Waals surface area contributed by atoms with Crippen LogP contribution < -0.4 is 4.72 Å². The lowest BCUT2D eigenvalue weighted by atomic mass is 9.87. The second kappa shape index (κ2) is 15.2. The molecule has 11 nitrogen and oxygen atoms in total. The molecule has 3 saturated carbocycles. The Morgan fingerprint density at radius 3 is 2.27 bits per heavy atom. The SMILES string of the molecule is CC(C)OC1CCC(S(=O)(=O)N2CCN(C3CCC([N+](=O)[O-])C(OCCNS(=O)C4CCCCC4)C3)CC2)CC1. The molecule has 4 fully saturated rings. The molecule has 0 radical (unpaired) electrons. The topological polar surface area (TPSA) is 131 Å². The van der Waals surface area contributed by atoms with Gasteiger partial charge in [0.1, 0.15) is 6.10 Å². The van der Waals surface area contributed by atoms with Crippen LogP contribution >= 0.6 is 0 Å². The summed E-state index contributed by atoms with van der Waals surface area (Å²) in [6, 6.07) is -0.601. The molecule has 0 aromatic heterocycles. The van der Waals surface area contributed by atoms with Crippen LogP contribution in [0.1, 0.15) is 90.9 Å². The third kappa shape index (κ3) is 8.67. The fraction of sp³-hybridized carbons (Fsp3) is 1.00. The van der Waals surface area contributed by atoms with Gasteiger partial charge in [-0.1, -0.05) is 19.3 Å². The standard InChI is InChI=1S/C27H50N4O7S2/c1-21(2)38-23-9-11-25(12-10-23)40(35,36)30-17-15-29(16-18-30)22-8-13-26(31(32)33)27(20-22)37-19-14-28-39(34)24-6-4-3-5-7-24/h21-28H,3-20H2,1-2H3. The maximum Gasteiger partial charge on any atom is 0.238 e. The van der Waals surface area contributed by atoms with E-state index in [1.165, 1.54) is 6.42 Å². The average Bonchev–Trinajstić information content (AvgIpc) is 2.95. The van der Waals surface area contributed by atoms with Crippen molar-refractivity contribution in [2.75, 3.05) is 39.3 Å². The number of hydrogen-bond donors (Lipinski definition) is 1. The smallest absolute Gasteiger partial charge is 0.238 e. The average molecular weight is 607 g/mol. The van der Waals surface area contributed by atoms with Crippen molar-refractivity contribution in [3.8, 4) is 0 Å². The van der Waals surface area contributed by atoms with Gasteiger partial charge in [-0.3, -0.25) is 15.0 Å². The first-order chi connectivity index (χ1) is 19.1. The summed E-state index contributed by atoms with van der Waals surface area (Å²) in [5.41, 5.74) is 0. The van der Waals surface area contributed by atoms with E-state index in [1.54, 1.807) is 4.31 Å². The van der Waals surface area contributed by atoms with Gasteiger partial charge in [0, 0.05) is 55.4 Å². The third-order valence-corrected chi connectivity index (χ3v) is 13.2. The van der Waals surface area contributed by atoms with Crippen LogP contribution in [-0.2, 0) is 30.5 Å². The molecule has 4 aliphatic rings. The van der Waals surface area contributed by atoms with E-state index in [-0.39, 0.29) is 40.3 Å². The highest BCUT2D eigenvalue weighted by Gasteiger charge is 2.43. The summed E-state index contributed by atoms with van der Waals surface area (Å²) >= 11 is 0. The first-order valence-corrected chi connectivity index (χ1v) is 18.1. The first kappa shape index (κ1) is 32.2. The molecule has 4 rings (SSSR count). The summed E-state index contributed by atoms with van der Waals surface area (Å²) in [5, 5.41) is 11.6. The number of rotatable bonds is 12. The molecule has 1 heterocycles. The van der Waals surface area contributed by atoms with Crippen LogP contribution in [-0.4, -0.2) is 107 Å². The van der Waals surface area contributed by atoms with Crippen LogP contribution in [0.5, 0.6) is 0 Å². The van der Waals surface area contributed by atoms with Crippen LogP contribution in [0.3, 0.4) is 0 Å². The maximum absolute atomic E-state index is 13.4. The minimum absolute atomic E-state index is 0.138. The summed E-state index contributed by atoms with van der Waals surface area (Å²) < 4.78 is 55.9. The van der Waals surface area contributed by atoms with E-state index in [4.69, 9.17) is 9.47 Å². The molecule has 40 heavy (non-hydrogen) atoms. The van der Waals surface area contributed by atoms with E-state index in [9.17, 15) is 22.7 Å². The Morgan fingerprint density at radius 2 is 1.65 bits per heavy atom. The van der Waals surface area contributed by atoms with Gasteiger partial charge in [0.15, 0.2) is 0 Å². The lowest BCUT2D eigenvalue weighted by Gasteiger charge is -2.43. The Balaban J connectivity index is 1.22. The van der Waals surface area contributed by atoms with E-state index in [2.05, 4.69) is 9.62 Å². The van der Waals surface area contributed by atoms with E-state index >= 15 is 0 Å². The van der Waals surface area contributed by atoms with Gasteiger partial charge in [0.2, 0.25) is 16.1 Å². The van der Waals surface area contributed by atoms with Crippen LogP contribution in [0.4, 0.5) is 0 Å². The monoisotopic (exact) mass is 606 g/mol. The van der Waals surface area contributed by atoms with E-state index in [1.807, 2.05) is 13.8 Å². The van der Waals surface area contributed by atoms with Crippen LogP contribution in [0.25, 0.3) is 0 Å². The van der Waals surface area contributed by atoms with Gasteiger partial charge in [-0.25, -0.2) is 17.3 Å². The zero-order valence-electron chi connectivity index (χ0n) is 24.3. The Hall–Kier alpha value is -0.700. The van der Waals surface area contributed by atoms with Gasteiger partial charge in [-0.2, -0.15) is 4.31 Å². The largest absolute Gasteiger partial charge is 0.376 e. The van der Waals surface area contributed by atoms with Crippen molar-refractivity contribution in [2.24, 2.45) is 0 Å². The van der Waals surface area contributed by atoms with Gasteiger partial charge in [0.05, 0.1) is 35.1 Å². The molecule has 1 aliphatic heterocycles. The second-order valence-electron chi connectivity index (χ2n) is 12.2. The predicted molar refractivity (Wildman–Crippen MR) is 156 cm³/mol. The van der Waals surface area contributed by atoms with Gasteiger partial charge in [-0.05, 0) is 65.2 Å². The molecule has 1 saturated heterocycles. The predicted octanol–water partition coefficient (Wildman–Crippen LogP) is 2.84. The Labute approximate surface area is 242 Å². The van der Waals surface area contributed by atoms with Crippen molar-refractivity contribution in [3.05, 3.63) is 10.1 Å². The summed E-state index contributed by atoms with van der Waals surface area (Å²) in [7, 11) is -4.44. The second-order valence-corrected chi connectivity index (χ2v) is 16.0. The van der Waals surface area contributed by atoms with Gasteiger partial charge in [0.25, 0.3) is 0 Å². The fourth-order valence-electron chi connectivity index (χ4n) is 6.98. The quantitative estimate of drug-likeness (QED) is 0.204. The van der Waals surface area contributed by atoms with Gasteiger partial charge < -0.3 is 9.47 Å². The molecule has 4 atom stereocenters. The van der Waals surface area contributed by atoms with Crippen molar-refractivity contribution < 1.29 is 27.0 Å². The van der Waals surface area contributed by atoms with E-state index < -0.39 is 33.2 Å². The normalized spacial score (nSPS) is 32.7. The van der Waals surface area contributed by atoms with Crippen molar-refractivity contribution in [3.63, 3.8) is 0 Å². The highest BCUT2D eigenvalue weighted by molar-refractivity contribution is 7.89. The molecule has 0 spiro atoms. The number of nitrogens with one attached hydrogen (secondary N) is 1. The molecular weight excluding hydrogens is 556 g/mol. The van der Waals surface area contributed by atoms with Crippen LogP contribution in [0, 0.1) is 10.1 Å². The minimum atomic E-state index is -3.35. The highest BCUT2D eigenvalue weighted by Crippen LogP contribution is 2.31. The number of nitro groups is 1. The molecule has 232 valence electrons. The number of ether oxygens (including phenoxy) is 2. The zero-order chi connectivity index (χ0) is 28.7. The fourth-order valence-corrected chi connectivity index (χ4v) is 10.2. The molecule has 3 aliphatic carbocycles. The van der Waals surface area contributed by atoms with Crippen molar-refractivity contribution >= 4 is 21.0 Å². The summed E-state index contributed by atoms with van der Waals surface area (Å²) in [6.07, 6.45) is 9.82. The number of nitrogens with zero attached hydrogens (tertiary/aromatic N) is 3. The molecule has 4 unspecified atom stereocenters. The number of hydrogen-bond acceptors (Lipinski definition) is 8. The molecular formula is C27H50N4O7S2. The van der Waals surface area contributed by atoms with Crippen LogP contribution in [0.2, 0.25) is 0 Å². The van der Waals surface area contributed by atoms with E-state index in [0.29, 0.717) is 64.8 Å². The highest BCUT2D eigenvalue weighted by atomic mass is 32.2. The van der Waals surface area contributed by atoms with Crippen molar-refractivity contribution in [1.29, 1.82) is 0 Å². The summed E-state index contributed by atoms with van der Waals surface area (Å²) in [6.45, 7) is 6.92. The lowest BCUT2D eigenvalue weighted by molar-refractivity contribution is -0.539. The zero-order valence-corrected chi connectivity index (χ0v) is 25.9. The van der Waals surface area contributed by atoms with Gasteiger partial charge >= 0.3 is 0 Å². The molecule has 0 amide bonds. The molecule has 1 N–H and O–H groups in total. The Morgan fingerprint density at radius 1 is 0.975 bits per heavy atom. The first-order valence-electron chi connectivity index (χ1n) is 15.4. The molecule has 0 aromatic carbocycles. The minimum Gasteiger partial charge on any atom is -0.376 e. The van der Waals surface area contributed by atoms with Crippen LogP contribution in [0.15, 0.2) is 0 Å².